The van der Waals surface area contributed by atoms with Crippen LogP contribution in [0.25, 0.3) is 0 Å². The molecule has 0 saturated carbocycles. The predicted octanol–water partition coefficient (Wildman–Crippen LogP) is 18.2. The number of esters is 2. The summed E-state index contributed by atoms with van der Waals surface area (Å²) in [4.78, 5) is 25.4. The van der Waals surface area contributed by atoms with Crippen molar-refractivity contribution in [3.63, 3.8) is 0 Å². The lowest BCUT2D eigenvalue weighted by atomic mass is 10.1. The second-order valence-electron chi connectivity index (χ2n) is 17.4. The van der Waals surface area contributed by atoms with E-state index < -0.39 is 6.10 Å². The highest BCUT2D eigenvalue weighted by Gasteiger charge is 2.17. The first-order valence-corrected chi connectivity index (χ1v) is 26.8. The van der Waals surface area contributed by atoms with E-state index in [1.807, 2.05) is 0 Å². The fraction of sp³-hybridized carbons (Fsp3) is 0.695. The molecule has 64 heavy (non-hydrogen) atoms. The van der Waals surface area contributed by atoms with Crippen molar-refractivity contribution in [3.05, 3.63) is 97.2 Å². The minimum atomic E-state index is -0.562. The first-order chi connectivity index (χ1) is 31.6. The number of carbonyl (C=O) groups excluding carboxylic acids is 2. The fourth-order valence-electron chi connectivity index (χ4n) is 7.08. The van der Waals surface area contributed by atoms with Gasteiger partial charge in [0, 0.05) is 19.4 Å². The SMILES string of the molecule is CC/C=C\C/C=C\C/C=C\C/C=C\C/C=C\CCCCCCOCC(COC(=O)CCCCCCCCC/C=C\C/C=C\CCCCC)OC(=O)CCCCCCC/C=C\CCCC. The number of unbranched alkanes of at least 4 members (excludes halogenated alkanes) is 21. The molecule has 5 nitrogen and oxygen atoms in total. The van der Waals surface area contributed by atoms with Crippen molar-refractivity contribution in [3.8, 4) is 0 Å². The highest BCUT2D eigenvalue weighted by atomic mass is 16.6. The van der Waals surface area contributed by atoms with Gasteiger partial charge in [-0.25, -0.2) is 0 Å². The smallest absolute Gasteiger partial charge is 0.306 e. The van der Waals surface area contributed by atoms with E-state index in [1.165, 1.54) is 103 Å². The van der Waals surface area contributed by atoms with Gasteiger partial charge in [-0.2, -0.15) is 0 Å². The first kappa shape index (κ1) is 60.8. The van der Waals surface area contributed by atoms with E-state index in [2.05, 4.69) is 118 Å². The van der Waals surface area contributed by atoms with E-state index in [0.717, 1.165) is 103 Å². The summed E-state index contributed by atoms with van der Waals surface area (Å²) in [6.45, 7) is 7.58. The largest absolute Gasteiger partial charge is 0.462 e. The average Bonchev–Trinajstić information content (AvgIpc) is 3.30. The molecule has 0 aliphatic carbocycles. The lowest BCUT2D eigenvalue weighted by Crippen LogP contribution is -2.30. The fourth-order valence-corrected chi connectivity index (χ4v) is 7.08. The van der Waals surface area contributed by atoms with E-state index in [4.69, 9.17) is 14.2 Å². The lowest BCUT2D eigenvalue weighted by molar-refractivity contribution is -0.163. The third-order valence-electron chi connectivity index (χ3n) is 11.1. The molecule has 0 heterocycles. The zero-order valence-corrected chi connectivity index (χ0v) is 42.0. The molecule has 0 saturated heterocycles. The van der Waals surface area contributed by atoms with Crippen LogP contribution in [0.1, 0.15) is 239 Å². The summed E-state index contributed by atoms with van der Waals surface area (Å²) >= 11 is 0. The van der Waals surface area contributed by atoms with Crippen molar-refractivity contribution < 1.29 is 23.8 Å². The zero-order valence-electron chi connectivity index (χ0n) is 42.0. The summed E-state index contributed by atoms with van der Waals surface area (Å²) in [6, 6.07) is 0. The molecule has 1 unspecified atom stereocenters. The van der Waals surface area contributed by atoms with Crippen LogP contribution < -0.4 is 0 Å². The number of allylic oxidation sites excluding steroid dienone is 16. The quantitative estimate of drug-likeness (QED) is 0.0346. The summed E-state index contributed by atoms with van der Waals surface area (Å²) in [7, 11) is 0. The molecule has 1 atom stereocenters. The summed E-state index contributed by atoms with van der Waals surface area (Å²) in [5.74, 6) is -0.434. The molecule has 0 aliphatic heterocycles. The Bertz CT molecular complexity index is 1230. The maximum Gasteiger partial charge on any atom is 0.306 e. The molecule has 0 aromatic rings. The molecule has 366 valence electrons. The molecular formula is C59H100O5. The van der Waals surface area contributed by atoms with Gasteiger partial charge in [0.1, 0.15) is 6.61 Å². The highest BCUT2D eigenvalue weighted by molar-refractivity contribution is 5.70. The van der Waals surface area contributed by atoms with Crippen molar-refractivity contribution in [2.45, 2.75) is 245 Å². The average molecular weight is 889 g/mol. The van der Waals surface area contributed by atoms with Crippen LogP contribution >= 0.6 is 0 Å². The van der Waals surface area contributed by atoms with Crippen molar-refractivity contribution >= 4 is 11.9 Å². The molecule has 0 rings (SSSR count). The predicted molar refractivity (Wildman–Crippen MR) is 279 cm³/mol. The Balaban J connectivity index is 4.31. The van der Waals surface area contributed by atoms with Crippen LogP contribution in [0.4, 0.5) is 0 Å². The number of rotatable bonds is 48. The maximum atomic E-state index is 12.8. The normalized spacial score (nSPS) is 13.0. The minimum absolute atomic E-state index is 0.0628. The Morgan fingerprint density at radius 1 is 0.359 bits per heavy atom. The van der Waals surface area contributed by atoms with E-state index in [9.17, 15) is 9.59 Å². The number of hydrogen-bond donors (Lipinski definition) is 0. The van der Waals surface area contributed by atoms with Crippen LogP contribution in [0.2, 0.25) is 0 Å². The molecule has 0 spiro atoms. The molecule has 5 heteroatoms. The second-order valence-corrected chi connectivity index (χ2v) is 17.4. The summed E-state index contributed by atoms with van der Waals surface area (Å²) in [5.41, 5.74) is 0. The van der Waals surface area contributed by atoms with Gasteiger partial charge in [0.05, 0.1) is 6.61 Å². The Labute approximate surface area is 396 Å². The van der Waals surface area contributed by atoms with Gasteiger partial charge in [-0.3, -0.25) is 9.59 Å². The standard InChI is InChI=1S/C59H100O5/c1-4-7-10-13-16-19-22-24-26-28-29-30-32-34-36-39-42-45-48-51-54-62-55-57(64-59(61)53-50-47-44-41-37-21-18-15-12-9-6-3)56-63-58(60)52-49-46-43-40-38-35-33-31-27-25-23-20-17-14-11-8-5-2/h7,10,15-20,24-27,29-30,34,36,57H,4-6,8-9,11-14,21-23,28,31-33,35,37-56H2,1-3H3/b10-7-,18-15-,19-16-,20-17-,26-24-,27-25-,30-29-,36-34-. The van der Waals surface area contributed by atoms with Crippen LogP contribution in [0.5, 0.6) is 0 Å². The topological polar surface area (TPSA) is 61.8 Å². The first-order valence-electron chi connectivity index (χ1n) is 26.8. The molecule has 0 aliphatic rings. The zero-order chi connectivity index (χ0) is 46.3. The molecule has 0 aromatic carbocycles. The van der Waals surface area contributed by atoms with Gasteiger partial charge in [0.2, 0.25) is 0 Å². The Morgan fingerprint density at radius 2 is 0.719 bits per heavy atom. The number of ether oxygens (including phenoxy) is 3. The monoisotopic (exact) mass is 889 g/mol. The number of carbonyl (C=O) groups is 2. The molecule has 0 fully saturated rings. The molecular weight excluding hydrogens is 789 g/mol. The lowest BCUT2D eigenvalue weighted by Gasteiger charge is -2.18. The Hall–Kier alpha value is -3.18. The van der Waals surface area contributed by atoms with Crippen molar-refractivity contribution in [2.75, 3.05) is 19.8 Å². The maximum absolute atomic E-state index is 12.8. The van der Waals surface area contributed by atoms with Gasteiger partial charge < -0.3 is 14.2 Å². The Morgan fingerprint density at radius 3 is 1.19 bits per heavy atom. The third kappa shape index (κ3) is 51.5. The molecule has 0 N–H and O–H groups in total. The van der Waals surface area contributed by atoms with Gasteiger partial charge in [-0.1, -0.05) is 208 Å². The third-order valence-corrected chi connectivity index (χ3v) is 11.1. The summed E-state index contributed by atoms with van der Waals surface area (Å²) in [6.07, 6.45) is 72.7. The molecule has 0 radical (unpaired) electrons. The minimum Gasteiger partial charge on any atom is -0.462 e. The van der Waals surface area contributed by atoms with Crippen molar-refractivity contribution in [1.82, 2.24) is 0 Å². The summed E-state index contributed by atoms with van der Waals surface area (Å²) < 4.78 is 17.4. The van der Waals surface area contributed by atoms with Crippen LogP contribution in [-0.4, -0.2) is 37.9 Å². The van der Waals surface area contributed by atoms with Gasteiger partial charge in [-0.05, 0) is 116 Å². The van der Waals surface area contributed by atoms with Crippen LogP contribution in [-0.2, 0) is 23.8 Å². The number of hydrogen-bond acceptors (Lipinski definition) is 5. The molecule has 0 amide bonds. The van der Waals surface area contributed by atoms with Crippen LogP contribution in [0, 0.1) is 0 Å². The molecule has 0 aromatic heterocycles. The highest BCUT2D eigenvalue weighted by Crippen LogP contribution is 2.13. The van der Waals surface area contributed by atoms with E-state index in [1.54, 1.807) is 0 Å². The summed E-state index contributed by atoms with van der Waals surface area (Å²) in [5, 5.41) is 0. The van der Waals surface area contributed by atoms with Crippen molar-refractivity contribution in [2.24, 2.45) is 0 Å². The van der Waals surface area contributed by atoms with Gasteiger partial charge in [-0.15, -0.1) is 0 Å². The van der Waals surface area contributed by atoms with Crippen LogP contribution in [0.3, 0.4) is 0 Å². The van der Waals surface area contributed by atoms with Crippen LogP contribution in [0.15, 0.2) is 97.2 Å². The van der Waals surface area contributed by atoms with Gasteiger partial charge in [0.15, 0.2) is 6.10 Å². The molecule has 0 bridgehead atoms. The van der Waals surface area contributed by atoms with Gasteiger partial charge in [0.25, 0.3) is 0 Å². The van der Waals surface area contributed by atoms with E-state index in [-0.39, 0.29) is 25.2 Å². The van der Waals surface area contributed by atoms with E-state index in [0.29, 0.717) is 19.4 Å². The van der Waals surface area contributed by atoms with E-state index >= 15 is 0 Å². The van der Waals surface area contributed by atoms with Gasteiger partial charge >= 0.3 is 11.9 Å². The Kier molecular flexibility index (Phi) is 51.5. The second kappa shape index (κ2) is 54.2. The van der Waals surface area contributed by atoms with Crippen molar-refractivity contribution in [1.29, 1.82) is 0 Å².